The van der Waals surface area contributed by atoms with Gasteiger partial charge in [0.25, 0.3) is 0 Å². The molecule has 3 aromatic rings. The molecule has 0 spiro atoms. The van der Waals surface area contributed by atoms with Crippen molar-refractivity contribution in [2.24, 2.45) is 0 Å². The molecule has 0 aliphatic rings. The molecule has 0 amide bonds. The Morgan fingerprint density at radius 1 is 1.35 bits per heavy atom. The lowest BCUT2D eigenvalue weighted by Gasteiger charge is -2.03. The predicted octanol–water partition coefficient (Wildman–Crippen LogP) is 2.09. The summed E-state index contributed by atoms with van der Waals surface area (Å²) in [4.78, 5) is 11.6. The summed E-state index contributed by atoms with van der Waals surface area (Å²) in [6.07, 6.45) is -0.152. The number of benzene rings is 1. The van der Waals surface area contributed by atoms with Gasteiger partial charge in [0.15, 0.2) is 0 Å². The van der Waals surface area contributed by atoms with Crippen LogP contribution in [0.4, 0.5) is 0 Å². The molecule has 2 heterocycles. The summed E-state index contributed by atoms with van der Waals surface area (Å²) in [6, 6.07) is 7.57. The van der Waals surface area contributed by atoms with Gasteiger partial charge in [-0.15, -0.1) is 21.5 Å². The van der Waals surface area contributed by atoms with Gasteiger partial charge in [-0.1, -0.05) is 0 Å². The normalized spacial score (nSPS) is 10.8. The second-order valence-electron chi connectivity index (χ2n) is 4.15. The third-order valence-corrected chi connectivity index (χ3v) is 3.73. The number of thiazole rings is 1. The van der Waals surface area contributed by atoms with E-state index in [4.69, 9.17) is 9.84 Å². The highest BCUT2D eigenvalue weighted by Gasteiger charge is 2.15. The lowest BCUT2D eigenvalue weighted by molar-refractivity contribution is -0.136. The van der Waals surface area contributed by atoms with Crippen molar-refractivity contribution in [2.75, 3.05) is 7.11 Å². The molecule has 6 nitrogen and oxygen atoms in total. The van der Waals surface area contributed by atoms with Crippen LogP contribution in [0.5, 0.6) is 5.75 Å². The number of hydrogen-bond donors (Lipinski definition) is 1. The summed E-state index contributed by atoms with van der Waals surface area (Å²) in [7, 11) is 1.61. The first-order chi connectivity index (χ1) is 9.69. The monoisotopic (exact) mass is 289 g/mol. The molecule has 0 bridgehead atoms. The second-order valence-corrected chi connectivity index (χ2v) is 4.99. The average Bonchev–Trinajstić information content (AvgIpc) is 3.02. The molecule has 3 rings (SSSR count). The second kappa shape index (κ2) is 4.93. The van der Waals surface area contributed by atoms with E-state index in [0.717, 1.165) is 17.0 Å². The van der Waals surface area contributed by atoms with Crippen molar-refractivity contribution in [3.05, 3.63) is 35.5 Å². The maximum Gasteiger partial charge on any atom is 0.311 e. The van der Waals surface area contributed by atoms with Crippen molar-refractivity contribution in [1.29, 1.82) is 0 Å². The molecule has 1 aromatic carbocycles. The van der Waals surface area contributed by atoms with E-state index in [2.05, 4.69) is 10.2 Å². The molecule has 7 heteroatoms. The Bertz CT molecular complexity index is 761. The van der Waals surface area contributed by atoms with Gasteiger partial charge in [0.05, 0.1) is 12.8 Å². The Hall–Kier alpha value is -2.41. The zero-order chi connectivity index (χ0) is 14.1. The number of hydrogen-bond acceptors (Lipinski definition) is 5. The smallest absolute Gasteiger partial charge is 0.311 e. The van der Waals surface area contributed by atoms with Crippen LogP contribution in [0.2, 0.25) is 0 Å². The zero-order valence-electron chi connectivity index (χ0n) is 10.6. The first-order valence-corrected chi connectivity index (χ1v) is 6.74. The van der Waals surface area contributed by atoms with Crippen molar-refractivity contribution < 1.29 is 14.6 Å². The van der Waals surface area contributed by atoms with E-state index >= 15 is 0 Å². The number of carboxylic acids is 1. The van der Waals surface area contributed by atoms with Crippen LogP contribution in [0.1, 0.15) is 5.82 Å². The van der Waals surface area contributed by atoms with E-state index in [0.29, 0.717) is 10.8 Å². The Kier molecular flexibility index (Phi) is 3.11. The lowest BCUT2D eigenvalue weighted by atomic mass is 10.1. The molecule has 0 fully saturated rings. The number of carboxylic acid groups (broad SMARTS) is 1. The number of methoxy groups -OCH3 is 1. The maximum absolute atomic E-state index is 10.9. The summed E-state index contributed by atoms with van der Waals surface area (Å²) in [6.45, 7) is 0. The van der Waals surface area contributed by atoms with Crippen LogP contribution in [0.3, 0.4) is 0 Å². The zero-order valence-corrected chi connectivity index (χ0v) is 11.4. The minimum absolute atomic E-state index is 0.152. The minimum atomic E-state index is -0.925. The van der Waals surface area contributed by atoms with E-state index in [1.165, 1.54) is 11.3 Å². The van der Waals surface area contributed by atoms with Gasteiger partial charge in [-0.2, -0.15) is 0 Å². The summed E-state index contributed by atoms with van der Waals surface area (Å²) < 4.78 is 6.91. The molecule has 0 saturated heterocycles. The SMILES string of the molecule is COc1ccc(-c2csc3nnc(CC(=O)O)n23)cc1. The molecule has 0 radical (unpaired) electrons. The molecule has 2 aromatic heterocycles. The number of carbonyl (C=O) groups is 1. The van der Waals surface area contributed by atoms with Gasteiger partial charge in [-0.05, 0) is 29.8 Å². The van der Waals surface area contributed by atoms with Crippen LogP contribution in [0.15, 0.2) is 29.6 Å². The number of aliphatic carboxylic acids is 1. The van der Waals surface area contributed by atoms with E-state index in [9.17, 15) is 4.79 Å². The van der Waals surface area contributed by atoms with Gasteiger partial charge in [0.2, 0.25) is 4.96 Å². The summed E-state index contributed by atoms with van der Waals surface area (Å²) >= 11 is 1.43. The minimum Gasteiger partial charge on any atom is -0.497 e. The standard InChI is InChI=1S/C13H11N3O3S/c1-19-9-4-2-8(3-5-9)10-7-20-13-15-14-11(16(10)13)6-12(17)18/h2-5,7H,6H2,1H3,(H,17,18). The molecular weight excluding hydrogens is 278 g/mol. The fourth-order valence-corrected chi connectivity index (χ4v) is 2.84. The van der Waals surface area contributed by atoms with Crippen LogP contribution in [0.25, 0.3) is 16.2 Å². The molecule has 20 heavy (non-hydrogen) atoms. The number of nitrogens with zero attached hydrogens (tertiary/aromatic N) is 3. The highest BCUT2D eigenvalue weighted by molar-refractivity contribution is 7.15. The third-order valence-electron chi connectivity index (χ3n) is 2.91. The largest absolute Gasteiger partial charge is 0.497 e. The maximum atomic E-state index is 10.9. The third kappa shape index (κ3) is 2.12. The van der Waals surface area contributed by atoms with E-state index in [-0.39, 0.29) is 6.42 Å². The molecule has 1 N–H and O–H groups in total. The lowest BCUT2D eigenvalue weighted by Crippen LogP contribution is -2.05. The first-order valence-electron chi connectivity index (χ1n) is 5.87. The van der Waals surface area contributed by atoms with Crippen molar-refractivity contribution >= 4 is 22.3 Å². The molecule has 0 aliphatic heterocycles. The molecule has 102 valence electrons. The first kappa shape index (κ1) is 12.6. The quantitative estimate of drug-likeness (QED) is 0.796. The van der Waals surface area contributed by atoms with Gasteiger partial charge < -0.3 is 9.84 Å². The van der Waals surface area contributed by atoms with Crippen LogP contribution in [-0.4, -0.2) is 32.8 Å². The topological polar surface area (TPSA) is 76.7 Å². The fourth-order valence-electron chi connectivity index (χ4n) is 1.99. The van der Waals surface area contributed by atoms with Crippen LogP contribution < -0.4 is 4.74 Å². The van der Waals surface area contributed by atoms with Crippen LogP contribution >= 0.6 is 11.3 Å². The van der Waals surface area contributed by atoms with E-state index < -0.39 is 5.97 Å². The van der Waals surface area contributed by atoms with Gasteiger partial charge in [-0.25, -0.2) is 0 Å². The van der Waals surface area contributed by atoms with Crippen LogP contribution in [-0.2, 0) is 11.2 Å². The summed E-state index contributed by atoms with van der Waals surface area (Å²) in [5.74, 6) is 0.278. The van der Waals surface area contributed by atoms with E-state index in [1.54, 1.807) is 11.5 Å². The van der Waals surface area contributed by atoms with Gasteiger partial charge >= 0.3 is 5.97 Å². The highest BCUT2D eigenvalue weighted by atomic mass is 32.1. The van der Waals surface area contributed by atoms with Crippen LogP contribution in [0, 0.1) is 0 Å². The summed E-state index contributed by atoms with van der Waals surface area (Å²) in [5.41, 5.74) is 1.84. The molecule has 0 aliphatic carbocycles. The van der Waals surface area contributed by atoms with Gasteiger partial charge in [0, 0.05) is 5.38 Å². The summed E-state index contributed by atoms with van der Waals surface area (Å²) in [5, 5.41) is 18.8. The predicted molar refractivity (Wildman–Crippen MR) is 74.2 cm³/mol. The van der Waals surface area contributed by atoms with E-state index in [1.807, 2.05) is 29.6 Å². The van der Waals surface area contributed by atoms with Crippen molar-refractivity contribution in [3.63, 3.8) is 0 Å². The van der Waals surface area contributed by atoms with Gasteiger partial charge in [0.1, 0.15) is 18.0 Å². The fraction of sp³-hybridized carbons (Fsp3) is 0.154. The highest BCUT2D eigenvalue weighted by Crippen LogP contribution is 2.28. The van der Waals surface area contributed by atoms with Crippen molar-refractivity contribution in [2.45, 2.75) is 6.42 Å². The number of aromatic nitrogens is 3. The molecule has 0 unspecified atom stereocenters. The average molecular weight is 289 g/mol. The number of ether oxygens (including phenoxy) is 1. The van der Waals surface area contributed by atoms with Crippen molar-refractivity contribution in [3.8, 4) is 17.0 Å². The number of rotatable bonds is 4. The Morgan fingerprint density at radius 2 is 2.10 bits per heavy atom. The van der Waals surface area contributed by atoms with Crippen molar-refractivity contribution in [1.82, 2.24) is 14.6 Å². The molecule has 0 atom stereocenters. The van der Waals surface area contributed by atoms with Gasteiger partial charge in [-0.3, -0.25) is 9.20 Å². The molecular formula is C13H11N3O3S. The Balaban J connectivity index is 2.10. The Morgan fingerprint density at radius 3 is 2.75 bits per heavy atom. The molecule has 0 saturated carbocycles. The number of fused-ring (bicyclic) bond motifs is 1. The Labute approximate surface area is 118 Å².